The molecule has 5 nitrogen and oxygen atoms in total. The first-order chi connectivity index (χ1) is 12.2. The highest BCUT2D eigenvalue weighted by Gasteiger charge is 2.45. The van der Waals surface area contributed by atoms with Crippen LogP contribution in [0.4, 0.5) is 0 Å². The van der Waals surface area contributed by atoms with Crippen LogP contribution in [0.1, 0.15) is 18.4 Å². The number of halogens is 1. The Kier molecular flexibility index (Phi) is 5.02. The average molecular weight is 406 g/mol. The SMILES string of the molecule is CN=C(NCC1CN2CCN1CC2)NCC1(c2ccccc2Br)CC1. The van der Waals surface area contributed by atoms with Gasteiger partial charge >= 0.3 is 0 Å². The fourth-order valence-corrected chi connectivity index (χ4v) is 4.90. The molecule has 6 heteroatoms. The molecule has 1 aromatic carbocycles. The van der Waals surface area contributed by atoms with Crippen molar-refractivity contribution in [2.75, 3.05) is 52.9 Å². The summed E-state index contributed by atoms with van der Waals surface area (Å²) in [6, 6.07) is 9.22. The number of piperazine rings is 3. The van der Waals surface area contributed by atoms with Crippen molar-refractivity contribution >= 4 is 21.9 Å². The standard InChI is InChI=1S/C19H28BrN5/c1-21-18(22-12-15-13-24-8-10-25(15)11-9-24)23-14-19(6-7-19)16-4-2-3-5-17(16)20/h2-5,15H,6-14H2,1H3,(H2,21,22,23). The molecule has 3 saturated heterocycles. The third kappa shape index (κ3) is 3.71. The second-order valence-corrected chi connectivity index (χ2v) is 8.41. The van der Waals surface area contributed by atoms with Gasteiger partial charge in [-0.1, -0.05) is 34.1 Å². The fourth-order valence-electron chi connectivity index (χ4n) is 4.19. The van der Waals surface area contributed by atoms with E-state index in [4.69, 9.17) is 0 Å². The highest BCUT2D eigenvalue weighted by molar-refractivity contribution is 9.10. The molecule has 3 aliphatic heterocycles. The van der Waals surface area contributed by atoms with Crippen molar-refractivity contribution in [1.29, 1.82) is 0 Å². The first kappa shape index (κ1) is 17.3. The third-order valence-corrected chi connectivity index (χ3v) is 6.71. The van der Waals surface area contributed by atoms with E-state index < -0.39 is 0 Å². The quantitative estimate of drug-likeness (QED) is 0.577. The van der Waals surface area contributed by atoms with Crippen LogP contribution in [0.2, 0.25) is 0 Å². The summed E-state index contributed by atoms with van der Waals surface area (Å²) < 4.78 is 1.22. The number of rotatable bonds is 5. The largest absolute Gasteiger partial charge is 0.356 e. The van der Waals surface area contributed by atoms with Gasteiger partial charge in [0, 0.05) is 68.8 Å². The number of fused-ring (bicyclic) bond motifs is 3. The van der Waals surface area contributed by atoms with Crippen molar-refractivity contribution in [1.82, 2.24) is 20.4 Å². The molecule has 136 valence electrons. The Morgan fingerprint density at radius 2 is 1.96 bits per heavy atom. The Hall–Kier alpha value is -1.11. The molecular weight excluding hydrogens is 378 g/mol. The van der Waals surface area contributed by atoms with E-state index in [9.17, 15) is 0 Å². The number of benzene rings is 1. The molecule has 0 radical (unpaired) electrons. The lowest BCUT2D eigenvalue weighted by molar-refractivity contribution is 0.0154. The summed E-state index contributed by atoms with van der Waals surface area (Å²) in [6.07, 6.45) is 2.48. The number of hydrogen-bond donors (Lipinski definition) is 2. The Balaban J connectivity index is 1.30. The number of hydrogen-bond acceptors (Lipinski definition) is 3. The van der Waals surface area contributed by atoms with E-state index in [0.717, 1.165) is 19.0 Å². The van der Waals surface area contributed by atoms with E-state index in [1.165, 1.54) is 55.6 Å². The van der Waals surface area contributed by atoms with Gasteiger partial charge in [-0.2, -0.15) is 0 Å². The van der Waals surface area contributed by atoms with Gasteiger partial charge in [0.15, 0.2) is 5.96 Å². The van der Waals surface area contributed by atoms with Gasteiger partial charge in [0.1, 0.15) is 0 Å². The Labute approximate surface area is 159 Å². The highest BCUT2D eigenvalue weighted by atomic mass is 79.9. The molecule has 1 aromatic rings. The van der Waals surface area contributed by atoms with Gasteiger partial charge in [-0.3, -0.25) is 14.8 Å². The van der Waals surface area contributed by atoms with Crippen LogP contribution >= 0.6 is 15.9 Å². The molecule has 0 aromatic heterocycles. The zero-order valence-electron chi connectivity index (χ0n) is 15.0. The minimum atomic E-state index is 0.261. The van der Waals surface area contributed by atoms with Gasteiger partial charge in [0.2, 0.25) is 0 Å². The minimum absolute atomic E-state index is 0.261. The van der Waals surface area contributed by atoms with Crippen molar-refractivity contribution < 1.29 is 0 Å². The molecule has 0 amide bonds. The molecule has 4 fully saturated rings. The van der Waals surface area contributed by atoms with E-state index in [1.54, 1.807) is 0 Å². The Morgan fingerprint density at radius 1 is 1.20 bits per heavy atom. The fraction of sp³-hybridized carbons (Fsp3) is 0.632. The first-order valence-corrected chi connectivity index (χ1v) is 10.2. The van der Waals surface area contributed by atoms with Crippen molar-refractivity contribution in [2.24, 2.45) is 4.99 Å². The molecule has 5 rings (SSSR count). The van der Waals surface area contributed by atoms with Crippen LogP contribution in [-0.4, -0.2) is 74.7 Å². The number of aliphatic imine (C=N–C) groups is 1. The summed E-state index contributed by atoms with van der Waals surface area (Å²) in [4.78, 5) is 9.62. The zero-order valence-corrected chi connectivity index (χ0v) is 16.6. The lowest BCUT2D eigenvalue weighted by atomic mass is 9.96. The summed E-state index contributed by atoms with van der Waals surface area (Å²) >= 11 is 3.71. The zero-order chi connectivity index (χ0) is 17.3. The number of nitrogens with one attached hydrogen (secondary N) is 2. The van der Waals surface area contributed by atoms with Gasteiger partial charge in [-0.05, 0) is 24.5 Å². The summed E-state index contributed by atoms with van der Waals surface area (Å²) in [5.41, 5.74) is 1.68. The van der Waals surface area contributed by atoms with E-state index in [0.29, 0.717) is 6.04 Å². The van der Waals surface area contributed by atoms with Gasteiger partial charge in [-0.25, -0.2) is 0 Å². The van der Waals surface area contributed by atoms with E-state index in [-0.39, 0.29) is 5.41 Å². The smallest absolute Gasteiger partial charge is 0.191 e. The minimum Gasteiger partial charge on any atom is -0.356 e. The first-order valence-electron chi connectivity index (χ1n) is 9.36. The molecule has 1 unspecified atom stereocenters. The molecule has 1 atom stereocenters. The molecule has 2 N–H and O–H groups in total. The van der Waals surface area contributed by atoms with Crippen LogP contribution in [-0.2, 0) is 5.41 Å². The highest BCUT2D eigenvalue weighted by Crippen LogP contribution is 2.49. The lowest BCUT2D eigenvalue weighted by Crippen LogP contribution is -2.64. The molecule has 1 saturated carbocycles. The third-order valence-electron chi connectivity index (χ3n) is 6.01. The summed E-state index contributed by atoms with van der Waals surface area (Å²) in [6.45, 7) is 7.99. The predicted molar refractivity (Wildman–Crippen MR) is 106 cm³/mol. The van der Waals surface area contributed by atoms with Gasteiger partial charge in [-0.15, -0.1) is 0 Å². The van der Waals surface area contributed by atoms with Crippen LogP contribution in [0.25, 0.3) is 0 Å². The summed E-state index contributed by atoms with van der Waals surface area (Å²) in [5, 5.41) is 7.12. The van der Waals surface area contributed by atoms with Crippen molar-refractivity contribution in [3.05, 3.63) is 34.3 Å². The Bertz CT molecular complexity index is 634. The number of nitrogens with zero attached hydrogens (tertiary/aromatic N) is 3. The normalized spacial score (nSPS) is 30.2. The van der Waals surface area contributed by atoms with Crippen LogP contribution < -0.4 is 10.6 Å². The van der Waals surface area contributed by atoms with Crippen molar-refractivity contribution in [3.8, 4) is 0 Å². The molecule has 3 heterocycles. The second-order valence-electron chi connectivity index (χ2n) is 7.56. The molecule has 25 heavy (non-hydrogen) atoms. The van der Waals surface area contributed by atoms with Crippen LogP contribution in [0.3, 0.4) is 0 Å². The maximum Gasteiger partial charge on any atom is 0.191 e. The topological polar surface area (TPSA) is 42.9 Å². The predicted octanol–water partition coefficient (Wildman–Crippen LogP) is 1.65. The van der Waals surface area contributed by atoms with Crippen molar-refractivity contribution in [2.45, 2.75) is 24.3 Å². The van der Waals surface area contributed by atoms with Crippen LogP contribution in [0, 0.1) is 0 Å². The molecular formula is C19H28BrN5. The lowest BCUT2D eigenvalue weighted by Gasteiger charge is -2.47. The molecule has 0 spiro atoms. The maximum atomic E-state index is 4.43. The van der Waals surface area contributed by atoms with E-state index in [1.807, 2.05) is 7.05 Å². The Morgan fingerprint density at radius 3 is 2.56 bits per heavy atom. The summed E-state index contributed by atoms with van der Waals surface area (Å²) in [7, 11) is 1.87. The summed E-state index contributed by atoms with van der Waals surface area (Å²) in [5.74, 6) is 0.927. The van der Waals surface area contributed by atoms with Gasteiger partial charge in [0.05, 0.1) is 0 Å². The number of guanidine groups is 1. The molecule has 4 aliphatic rings. The average Bonchev–Trinajstić information content (AvgIpc) is 3.44. The monoisotopic (exact) mass is 405 g/mol. The van der Waals surface area contributed by atoms with Crippen LogP contribution in [0.15, 0.2) is 33.7 Å². The molecule has 1 aliphatic carbocycles. The molecule has 2 bridgehead atoms. The van der Waals surface area contributed by atoms with Gasteiger partial charge < -0.3 is 10.6 Å². The van der Waals surface area contributed by atoms with Gasteiger partial charge in [0.25, 0.3) is 0 Å². The van der Waals surface area contributed by atoms with Crippen molar-refractivity contribution in [3.63, 3.8) is 0 Å². The second kappa shape index (κ2) is 7.25. The van der Waals surface area contributed by atoms with E-state index in [2.05, 4.69) is 65.6 Å². The van der Waals surface area contributed by atoms with E-state index >= 15 is 0 Å². The van der Waals surface area contributed by atoms with Crippen LogP contribution in [0.5, 0.6) is 0 Å². The maximum absolute atomic E-state index is 4.43.